The minimum Gasteiger partial charge on any atom is -0.337 e. The number of aryl methyl sites for hydroxylation is 1. The molecule has 1 N–H and O–H groups in total. The number of nitrogens with zero attached hydrogens (tertiary/aromatic N) is 1. The summed E-state index contributed by atoms with van der Waals surface area (Å²) in [4.78, 5) is 2.63. The third-order valence-electron chi connectivity index (χ3n) is 2.64. The molecule has 6 heteroatoms. The van der Waals surface area contributed by atoms with E-state index in [1.165, 1.54) is 10.8 Å². The lowest BCUT2D eigenvalue weighted by Crippen LogP contribution is -2.35. The molecule has 2 rings (SSSR count). The molecule has 0 atom stereocenters. The van der Waals surface area contributed by atoms with Crippen molar-refractivity contribution in [1.29, 1.82) is 0 Å². The zero-order valence-corrected chi connectivity index (χ0v) is 8.30. The van der Waals surface area contributed by atoms with Crippen molar-refractivity contribution in [2.75, 3.05) is 0 Å². The fourth-order valence-electron chi connectivity index (χ4n) is 1.74. The van der Waals surface area contributed by atoms with Crippen LogP contribution in [-0.2, 0) is 5.54 Å². The monoisotopic (exact) mass is 222 g/mol. The van der Waals surface area contributed by atoms with Gasteiger partial charge in [0.1, 0.15) is 5.54 Å². The van der Waals surface area contributed by atoms with Gasteiger partial charge < -0.3 is 9.55 Å². The first kappa shape index (κ1) is 9.76. The van der Waals surface area contributed by atoms with Crippen molar-refractivity contribution in [3.05, 3.63) is 16.7 Å². The van der Waals surface area contributed by atoms with Crippen LogP contribution >= 0.6 is 12.2 Å². The van der Waals surface area contributed by atoms with Gasteiger partial charge in [-0.15, -0.1) is 0 Å². The second kappa shape index (κ2) is 2.62. The standard InChI is InChI=1S/C8H9F3N2S/c1-5-4-12-6(14)13(5)7(2-3-7)8(9,10)11/h4H,2-3H2,1H3,(H,12,14). The third-order valence-corrected chi connectivity index (χ3v) is 2.94. The van der Waals surface area contributed by atoms with Crippen LogP contribution < -0.4 is 0 Å². The summed E-state index contributed by atoms with van der Waals surface area (Å²) < 4.78 is 39.5. The Hall–Kier alpha value is -0.780. The van der Waals surface area contributed by atoms with Gasteiger partial charge in [0.05, 0.1) is 0 Å². The Labute approximate surface area is 83.7 Å². The SMILES string of the molecule is Cc1c[nH]c(=S)n1C1(C(F)(F)F)CC1. The van der Waals surface area contributed by atoms with Crippen molar-refractivity contribution < 1.29 is 13.2 Å². The maximum Gasteiger partial charge on any atom is 0.412 e. The molecule has 2 nitrogen and oxygen atoms in total. The number of hydrogen-bond acceptors (Lipinski definition) is 1. The number of nitrogens with one attached hydrogen (secondary N) is 1. The molecule has 1 heterocycles. The Bertz CT molecular complexity index is 411. The number of rotatable bonds is 1. The quantitative estimate of drug-likeness (QED) is 0.724. The van der Waals surface area contributed by atoms with Crippen LogP contribution in [0, 0.1) is 11.7 Å². The summed E-state index contributed by atoms with van der Waals surface area (Å²) in [5.41, 5.74) is -1.20. The van der Waals surface area contributed by atoms with E-state index in [-0.39, 0.29) is 17.6 Å². The molecule has 0 amide bonds. The average Bonchev–Trinajstić information content (AvgIpc) is 2.76. The van der Waals surface area contributed by atoms with Gasteiger partial charge in [0.25, 0.3) is 0 Å². The van der Waals surface area contributed by atoms with E-state index in [0.29, 0.717) is 5.69 Å². The van der Waals surface area contributed by atoms with Crippen LogP contribution in [-0.4, -0.2) is 15.7 Å². The second-order valence-corrected chi connectivity index (χ2v) is 3.99. The molecule has 14 heavy (non-hydrogen) atoms. The van der Waals surface area contributed by atoms with Crippen LogP contribution in [0.3, 0.4) is 0 Å². The number of H-pyrrole nitrogens is 1. The summed E-state index contributed by atoms with van der Waals surface area (Å²) >= 11 is 4.84. The summed E-state index contributed by atoms with van der Waals surface area (Å²) in [6.45, 7) is 1.62. The highest BCUT2D eigenvalue weighted by Gasteiger charge is 2.65. The van der Waals surface area contributed by atoms with E-state index in [1.54, 1.807) is 6.92 Å². The molecule has 0 aliphatic heterocycles. The zero-order chi connectivity index (χ0) is 10.6. The molecule has 0 spiro atoms. The van der Waals surface area contributed by atoms with Crippen molar-refractivity contribution in [1.82, 2.24) is 9.55 Å². The van der Waals surface area contributed by atoms with Crippen LogP contribution in [0.15, 0.2) is 6.20 Å². The molecule has 1 aliphatic carbocycles. The summed E-state index contributed by atoms with van der Waals surface area (Å²) in [6, 6.07) is 0. The Morgan fingerprint density at radius 3 is 2.36 bits per heavy atom. The number of alkyl halides is 3. The second-order valence-electron chi connectivity index (χ2n) is 3.60. The molecule has 0 aromatic carbocycles. The molecule has 0 unspecified atom stereocenters. The van der Waals surface area contributed by atoms with Gasteiger partial charge in [-0.3, -0.25) is 0 Å². The maximum atomic E-state index is 12.7. The highest BCUT2D eigenvalue weighted by atomic mass is 32.1. The number of hydrogen-bond donors (Lipinski definition) is 1. The minimum atomic E-state index is -4.21. The highest BCUT2D eigenvalue weighted by Crippen LogP contribution is 2.55. The highest BCUT2D eigenvalue weighted by molar-refractivity contribution is 7.71. The Morgan fingerprint density at radius 1 is 1.50 bits per heavy atom. The lowest BCUT2D eigenvalue weighted by Gasteiger charge is -2.22. The Morgan fingerprint density at radius 2 is 2.07 bits per heavy atom. The molecule has 1 saturated carbocycles. The van der Waals surface area contributed by atoms with Gasteiger partial charge in [-0.2, -0.15) is 13.2 Å². The van der Waals surface area contributed by atoms with Crippen molar-refractivity contribution >= 4 is 12.2 Å². The van der Waals surface area contributed by atoms with Crippen molar-refractivity contribution in [3.63, 3.8) is 0 Å². The third kappa shape index (κ3) is 1.13. The summed E-state index contributed by atoms with van der Waals surface area (Å²) in [5.74, 6) is 0. The van der Waals surface area contributed by atoms with Gasteiger partial charge in [-0.25, -0.2) is 0 Å². The van der Waals surface area contributed by atoms with Gasteiger partial charge in [0.15, 0.2) is 4.77 Å². The average molecular weight is 222 g/mol. The van der Waals surface area contributed by atoms with Crippen molar-refractivity contribution in [3.8, 4) is 0 Å². The molecule has 1 fully saturated rings. The predicted molar refractivity (Wildman–Crippen MR) is 47.6 cm³/mol. The Balaban J connectivity index is 2.56. The zero-order valence-electron chi connectivity index (χ0n) is 7.48. The van der Waals surface area contributed by atoms with E-state index in [0.717, 1.165) is 0 Å². The molecule has 78 valence electrons. The van der Waals surface area contributed by atoms with E-state index in [1.807, 2.05) is 0 Å². The first-order valence-electron chi connectivity index (χ1n) is 4.23. The summed E-state index contributed by atoms with van der Waals surface area (Å²) in [6.07, 6.45) is -2.45. The van der Waals surface area contributed by atoms with E-state index >= 15 is 0 Å². The number of aromatic nitrogens is 2. The normalized spacial score (nSPS) is 19.7. The maximum absolute atomic E-state index is 12.7. The first-order chi connectivity index (χ1) is 6.38. The van der Waals surface area contributed by atoms with E-state index in [2.05, 4.69) is 4.98 Å². The van der Waals surface area contributed by atoms with E-state index in [9.17, 15) is 13.2 Å². The molecule has 0 saturated heterocycles. The van der Waals surface area contributed by atoms with Crippen molar-refractivity contribution in [2.24, 2.45) is 0 Å². The fourth-order valence-corrected chi connectivity index (χ4v) is 2.12. The number of halogens is 3. The predicted octanol–water partition coefficient (Wildman–Crippen LogP) is 2.91. The molecular weight excluding hydrogens is 213 g/mol. The lowest BCUT2D eigenvalue weighted by atomic mass is 10.2. The van der Waals surface area contributed by atoms with Crippen LogP contribution in [0.25, 0.3) is 0 Å². The fraction of sp³-hybridized carbons (Fsp3) is 0.625. The van der Waals surface area contributed by atoms with E-state index in [4.69, 9.17) is 12.2 Å². The topological polar surface area (TPSA) is 20.7 Å². The molecule has 1 aromatic heterocycles. The van der Waals surface area contributed by atoms with Crippen molar-refractivity contribution in [2.45, 2.75) is 31.5 Å². The smallest absolute Gasteiger partial charge is 0.337 e. The number of imidazole rings is 1. The van der Waals surface area contributed by atoms with E-state index < -0.39 is 11.7 Å². The summed E-state index contributed by atoms with van der Waals surface area (Å²) in [5, 5.41) is 0. The van der Waals surface area contributed by atoms with Crippen LogP contribution in [0.2, 0.25) is 0 Å². The summed E-state index contributed by atoms with van der Waals surface area (Å²) in [7, 11) is 0. The Kier molecular flexibility index (Phi) is 1.83. The van der Waals surface area contributed by atoms with Gasteiger partial charge in [0, 0.05) is 11.9 Å². The van der Waals surface area contributed by atoms with Crippen LogP contribution in [0.5, 0.6) is 0 Å². The molecule has 0 radical (unpaired) electrons. The largest absolute Gasteiger partial charge is 0.412 e. The van der Waals surface area contributed by atoms with Crippen LogP contribution in [0.4, 0.5) is 13.2 Å². The minimum absolute atomic E-state index is 0.128. The lowest BCUT2D eigenvalue weighted by molar-refractivity contribution is -0.180. The van der Waals surface area contributed by atoms with Crippen LogP contribution in [0.1, 0.15) is 18.5 Å². The first-order valence-corrected chi connectivity index (χ1v) is 4.63. The van der Waals surface area contributed by atoms with Gasteiger partial charge in [-0.1, -0.05) is 0 Å². The number of aromatic amines is 1. The molecule has 0 bridgehead atoms. The molecular formula is C8H9F3N2S. The molecule has 1 aromatic rings. The van der Waals surface area contributed by atoms with Gasteiger partial charge in [-0.05, 0) is 32.0 Å². The van der Waals surface area contributed by atoms with Gasteiger partial charge >= 0.3 is 6.18 Å². The molecule has 1 aliphatic rings. The van der Waals surface area contributed by atoms with Gasteiger partial charge in [0.2, 0.25) is 0 Å².